The van der Waals surface area contributed by atoms with Gasteiger partial charge >= 0.3 is 0 Å². The van der Waals surface area contributed by atoms with Crippen LogP contribution in [0.1, 0.15) is 24.4 Å². The first-order valence-corrected chi connectivity index (χ1v) is 5.05. The highest BCUT2D eigenvalue weighted by molar-refractivity contribution is 5.41. The van der Waals surface area contributed by atoms with E-state index in [0.717, 1.165) is 12.8 Å². The summed E-state index contributed by atoms with van der Waals surface area (Å²) in [5, 5.41) is 28.5. The van der Waals surface area contributed by atoms with E-state index >= 15 is 0 Å². The quantitative estimate of drug-likeness (QED) is 0.595. The predicted octanol–water partition coefficient (Wildman–Crippen LogP) is 0.868. The summed E-state index contributed by atoms with van der Waals surface area (Å²) in [5.41, 5.74) is 6.32. The molecule has 0 aliphatic heterocycles. The molecule has 0 unspecified atom stereocenters. The lowest BCUT2D eigenvalue weighted by atomic mass is 9.98. The molecule has 0 heterocycles. The van der Waals surface area contributed by atoms with Gasteiger partial charge in [0.1, 0.15) is 11.5 Å². The summed E-state index contributed by atoms with van der Waals surface area (Å²) in [4.78, 5) is 0. The summed E-state index contributed by atoms with van der Waals surface area (Å²) in [6.45, 7) is 0. The standard InChI is InChI=1S/C11H15NO3/c12-10(11(15)6-1-2-6)8-4-3-7(13)5-9(8)14/h3-6,10-11,13-15H,1-2,12H2/t10-,11+/m1/s1. The van der Waals surface area contributed by atoms with E-state index in [1.54, 1.807) is 6.07 Å². The van der Waals surface area contributed by atoms with Gasteiger partial charge in [0.25, 0.3) is 0 Å². The van der Waals surface area contributed by atoms with Gasteiger partial charge in [-0.3, -0.25) is 0 Å². The topological polar surface area (TPSA) is 86.7 Å². The van der Waals surface area contributed by atoms with Crippen molar-refractivity contribution in [2.45, 2.75) is 25.0 Å². The van der Waals surface area contributed by atoms with Crippen LogP contribution in [-0.2, 0) is 0 Å². The second-order valence-corrected chi connectivity index (χ2v) is 4.10. The van der Waals surface area contributed by atoms with Crippen molar-refractivity contribution in [1.82, 2.24) is 0 Å². The van der Waals surface area contributed by atoms with Crippen LogP contribution >= 0.6 is 0 Å². The lowest BCUT2D eigenvalue weighted by molar-refractivity contribution is 0.121. The van der Waals surface area contributed by atoms with Crippen LogP contribution in [0.2, 0.25) is 0 Å². The molecule has 2 rings (SSSR count). The number of benzene rings is 1. The molecule has 0 saturated heterocycles. The number of hydrogen-bond acceptors (Lipinski definition) is 4. The van der Waals surface area contributed by atoms with Gasteiger partial charge in [-0.2, -0.15) is 0 Å². The van der Waals surface area contributed by atoms with Gasteiger partial charge in [-0.1, -0.05) is 0 Å². The average molecular weight is 209 g/mol. The highest BCUT2D eigenvalue weighted by Crippen LogP contribution is 2.39. The second-order valence-electron chi connectivity index (χ2n) is 4.10. The Hall–Kier alpha value is -1.26. The number of nitrogens with two attached hydrogens (primary N) is 1. The van der Waals surface area contributed by atoms with Crippen molar-refractivity contribution >= 4 is 0 Å². The van der Waals surface area contributed by atoms with Gasteiger partial charge in [0.2, 0.25) is 0 Å². The molecule has 0 spiro atoms. The molecule has 2 atom stereocenters. The van der Waals surface area contributed by atoms with Crippen molar-refractivity contribution in [3.63, 3.8) is 0 Å². The van der Waals surface area contributed by atoms with Gasteiger partial charge in [-0.05, 0) is 30.9 Å². The zero-order chi connectivity index (χ0) is 11.0. The molecule has 1 aliphatic rings. The molecule has 1 aliphatic carbocycles. The lowest BCUT2D eigenvalue weighted by Crippen LogP contribution is -2.27. The molecule has 82 valence electrons. The molecule has 0 amide bonds. The molecule has 1 aromatic rings. The Morgan fingerprint density at radius 2 is 1.93 bits per heavy atom. The summed E-state index contributed by atoms with van der Waals surface area (Å²) in [6, 6.07) is 3.64. The van der Waals surface area contributed by atoms with E-state index in [9.17, 15) is 10.2 Å². The maximum absolute atomic E-state index is 9.81. The highest BCUT2D eigenvalue weighted by atomic mass is 16.3. The molecule has 0 bridgehead atoms. The number of aliphatic hydroxyl groups is 1. The maximum Gasteiger partial charge on any atom is 0.124 e. The molecular weight excluding hydrogens is 194 g/mol. The van der Waals surface area contributed by atoms with Crippen LogP contribution in [-0.4, -0.2) is 21.4 Å². The van der Waals surface area contributed by atoms with Gasteiger partial charge in [0, 0.05) is 11.6 Å². The number of aliphatic hydroxyl groups excluding tert-OH is 1. The molecule has 1 saturated carbocycles. The fourth-order valence-corrected chi connectivity index (χ4v) is 1.73. The van der Waals surface area contributed by atoms with Crippen molar-refractivity contribution in [3.8, 4) is 11.5 Å². The maximum atomic E-state index is 9.81. The Kier molecular flexibility index (Phi) is 2.54. The van der Waals surface area contributed by atoms with E-state index in [2.05, 4.69) is 0 Å². The predicted molar refractivity (Wildman–Crippen MR) is 55.4 cm³/mol. The van der Waals surface area contributed by atoms with Crippen molar-refractivity contribution in [2.75, 3.05) is 0 Å². The van der Waals surface area contributed by atoms with Gasteiger partial charge < -0.3 is 21.1 Å². The summed E-state index contributed by atoms with van der Waals surface area (Å²) in [6.07, 6.45) is 1.38. The molecule has 5 N–H and O–H groups in total. The van der Waals surface area contributed by atoms with E-state index in [-0.39, 0.29) is 17.4 Å². The molecule has 0 radical (unpaired) electrons. The third-order valence-corrected chi connectivity index (χ3v) is 2.85. The van der Waals surface area contributed by atoms with Crippen LogP contribution in [0.25, 0.3) is 0 Å². The molecule has 4 heteroatoms. The summed E-state index contributed by atoms with van der Waals surface area (Å²) in [5.74, 6) is 0.180. The van der Waals surface area contributed by atoms with Crippen LogP contribution < -0.4 is 5.73 Å². The largest absolute Gasteiger partial charge is 0.508 e. The van der Waals surface area contributed by atoms with E-state index < -0.39 is 12.1 Å². The van der Waals surface area contributed by atoms with Crippen LogP contribution in [0.4, 0.5) is 0 Å². The Morgan fingerprint density at radius 1 is 1.27 bits per heavy atom. The minimum Gasteiger partial charge on any atom is -0.508 e. The van der Waals surface area contributed by atoms with Crippen LogP contribution in [0.3, 0.4) is 0 Å². The fourth-order valence-electron chi connectivity index (χ4n) is 1.73. The van der Waals surface area contributed by atoms with Crippen molar-refractivity contribution in [2.24, 2.45) is 11.7 Å². The summed E-state index contributed by atoms with van der Waals surface area (Å²) in [7, 11) is 0. The Bertz CT molecular complexity index is 363. The second kappa shape index (κ2) is 3.72. The summed E-state index contributed by atoms with van der Waals surface area (Å²) >= 11 is 0. The minimum absolute atomic E-state index is 0.00985. The number of phenols is 2. The van der Waals surface area contributed by atoms with Gasteiger partial charge in [0.05, 0.1) is 12.1 Å². The third kappa shape index (κ3) is 2.06. The molecule has 15 heavy (non-hydrogen) atoms. The Morgan fingerprint density at radius 3 is 2.47 bits per heavy atom. The first kappa shape index (κ1) is 10.3. The van der Waals surface area contributed by atoms with Crippen molar-refractivity contribution in [3.05, 3.63) is 23.8 Å². The average Bonchev–Trinajstić information content (AvgIpc) is 2.99. The van der Waals surface area contributed by atoms with Crippen LogP contribution in [0, 0.1) is 5.92 Å². The molecule has 1 fully saturated rings. The van der Waals surface area contributed by atoms with Crippen LogP contribution in [0.15, 0.2) is 18.2 Å². The monoisotopic (exact) mass is 209 g/mol. The first-order chi connectivity index (χ1) is 7.09. The third-order valence-electron chi connectivity index (χ3n) is 2.85. The zero-order valence-corrected chi connectivity index (χ0v) is 8.30. The number of hydrogen-bond donors (Lipinski definition) is 4. The Balaban J connectivity index is 2.20. The van der Waals surface area contributed by atoms with E-state index in [0.29, 0.717) is 5.56 Å². The van der Waals surface area contributed by atoms with Crippen molar-refractivity contribution in [1.29, 1.82) is 0 Å². The molecule has 4 nitrogen and oxygen atoms in total. The number of phenolic OH excluding ortho intramolecular Hbond substituents is 2. The van der Waals surface area contributed by atoms with E-state index in [1.165, 1.54) is 12.1 Å². The minimum atomic E-state index is -0.611. The van der Waals surface area contributed by atoms with Gasteiger partial charge in [0.15, 0.2) is 0 Å². The summed E-state index contributed by atoms with van der Waals surface area (Å²) < 4.78 is 0. The molecule has 0 aromatic heterocycles. The Labute approximate surface area is 88.0 Å². The number of aromatic hydroxyl groups is 2. The van der Waals surface area contributed by atoms with Gasteiger partial charge in [-0.15, -0.1) is 0 Å². The highest BCUT2D eigenvalue weighted by Gasteiger charge is 2.35. The van der Waals surface area contributed by atoms with E-state index in [4.69, 9.17) is 10.8 Å². The fraction of sp³-hybridized carbons (Fsp3) is 0.455. The lowest BCUT2D eigenvalue weighted by Gasteiger charge is -2.19. The van der Waals surface area contributed by atoms with Crippen LogP contribution in [0.5, 0.6) is 11.5 Å². The molecule has 1 aromatic carbocycles. The van der Waals surface area contributed by atoms with Gasteiger partial charge in [-0.25, -0.2) is 0 Å². The zero-order valence-electron chi connectivity index (χ0n) is 8.30. The smallest absolute Gasteiger partial charge is 0.124 e. The normalized spacial score (nSPS) is 19.9. The SMILES string of the molecule is N[C@H](c1ccc(O)cc1O)[C@@H](O)C1CC1. The van der Waals surface area contributed by atoms with E-state index in [1.807, 2.05) is 0 Å². The first-order valence-electron chi connectivity index (χ1n) is 5.05. The molecular formula is C11H15NO3. The number of rotatable bonds is 3. The van der Waals surface area contributed by atoms with Crippen molar-refractivity contribution < 1.29 is 15.3 Å².